The topological polar surface area (TPSA) is 49.4 Å². The molecule has 0 atom stereocenters. The molecule has 3 aromatic rings. The normalized spacial score (nSPS) is 13.0. The SMILES string of the molecule is Cc1ccccc1NC(=O)c1ccc(C(=O)N2CCCc3ccccc32)cc1. The van der Waals surface area contributed by atoms with Crippen LogP contribution in [0, 0.1) is 6.92 Å². The van der Waals surface area contributed by atoms with Crippen LogP contribution < -0.4 is 10.2 Å². The highest BCUT2D eigenvalue weighted by molar-refractivity contribution is 6.08. The molecular formula is C24H22N2O2. The molecular weight excluding hydrogens is 348 g/mol. The highest BCUT2D eigenvalue weighted by atomic mass is 16.2. The second kappa shape index (κ2) is 7.69. The fourth-order valence-electron chi connectivity index (χ4n) is 3.57. The maximum absolute atomic E-state index is 13.0. The number of nitrogens with zero attached hydrogens (tertiary/aromatic N) is 1. The number of carbonyl (C=O) groups is 2. The lowest BCUT2D eigenvalue weighted by atomic mass is 10.0. The van der Waals surface area contributed by atoms with E-state index in [-0.39, 0.29) is 11.8 Å². The average Bonchev–Trinajstić information content (AvgIpc) is 2.74. The third kappa shape index (κ3) is 3.54. The predicted molar refractivity (Wildman–Crippen MR) is 112 cm³/mol. The number of benzene rings is 3. The van der Waals surface area contributed by atoms with Crippen LogP contribution in [0.15, 0.2) is 72.8 Å². The number of carbonyl (C=O) groups excluding carboxylic acids is 2. The molecule has 3 aromatic carbocycles. The molecule has 0 unspecified atom stereocenters. The number of aryl methyl sites for hydroxylation is 2. The standard InChI is InChI=1S/C24H22N2O2/c1-17-7-2-4-10-21(17)25-23(27)19-12-14-20(15-13-19)24(28)26-16-6-9-18-8-3-5-11-22(18)26/h2-5,7-8,10-15H,6,9,16H2,1H3,(H,25,27). The molecule has 0 bridgehead atoms. The summed E-state index contributed by atoms with van der Waals surface area (Å²) < 4.78 is 0. The molecule has 1 aliphatic rings. The van der Waals surface area contributed by atoms with Gasteiger partial charge >= 0.3 is 0 Å². The van der Waals surface area contributed by atoms with Crippen LogP contribution in [-0.2, 0) is 6.42 Å². The minimum atomic E-state index is -0.184. The summed E-state index contributed by atoms with van der Waals surface area (Å²) in [4.78, 5) is 27.3. The second-order valence-electron chi connectivity index (χ2n) is 7.04. The quantitative estimate of drug-likeness (QED) is 0.717. The van der Waals surface area contributed by atoms with E-state index in [1.54, 1.807) is 24.3 Å². The van der Waals surface area contributed by atoms with Gasteiger partial charge in [0.2, 0.25) is 0 Å². The van der Waals surface area contributed by atoms with Crippen LogP contribution in [0.2, 0.25) is 0 Å². The maximum atomic E-state index is 13.0. The Morgan fingerprint density at radius 1 is 0.857 bits per heavy atom. The summed E-state index contributed by atoms with van der Waals surface area (Å²) in [6.45, 7) is 2.67. The Labute approximate surface area is 164 Å². The Morgan fingerprint density at radius 3 is 2.32 bits per heavy atom. The molecule has 0 saturated heterocycles. The van der Waals surface area contributed by atoms with Gasteiger partial charge in [-0.2, -0.15) is 0 Å². The summed E-state index contributed by atoms with van der Waals surface area (Å²) in [6.07, 6.45) is 1.96. The molecule has 1 heterocycles. The molecule has 0 aliphatic carbocycles. The number of rotatable bonds is 3. The van der Waals surface area contributed by atoms with Crippen molar-refractivity contribution in [3.05, 3.63) is 95.1 Å². The lowest BCUT2D eigenvalue weighted by molar-refractivity contribution is 0.0982. The van der Waals surface area contributed by atoms with Crippen LogP contribution in [0.1, 0.15) is 38.3 Å². The van der Waals surface area contributed by atoms with Gasteiger partial charge < -0.3 is 10.2 Å². The van der Waals surface area contributed by atoms with Crippen molar-refractivity contribution in [3.8, 4) is 0 Å². The van der Waals surface area contributed by atoms with Crippen molar-refractivity contribution >= 4 is 23.2 Å². The number of para-hydroxylation sites is 2. The number of amides is 2. The van der Waals surface area contributed by atoms with Gasteiger partial charge in [0.1, 0.15) is 0 Å². The van der Waals surface area contributed by atoms with Crippen LogP contribution in [-0.4, -0.2) is 18.4 Å². The van der Waals surface area contributed by atoms with E-state index < -0.39 is 0 Å². The molecule has 0 fully saturated rings. The van der Waals surface area contributed by atoms with Crippen molar-refractivity contribution in [3.63, 3.8) is 0 Å². The van der Waals surface area contributed by atoms with E-state index in [4.69, 9.17) is 0 Å². The Hall–Kier alpha value is -3.40. The van der Waals surface area contributed by atoms with Crippen molar-refractivity contribution < 1.29 is 9.59 Å². The number of fused-ring (bicyclic) bond motifs is 1. The van der Waals surface area contributed by atoms with Gasteiger partial charge in [-0.3, -0.25) is 9.59 Å². The van der Waals surface area contributed by atoms with Gasteiger partial charge in [0.05, 0.1) is 0 Å². The van der Waals surface area contributed by atoms with E-state index in [0.717, 1.165) is 29.8 Å². The minimum absolute atomic E-state index is 0.0296. The predicted octanol–water partition coefficient (Wildman–Crippen LogP) is 4.84. The van der Waals surface area contributed by atoms with E-state index >= 15 is 0 Å². The second-order valence-corrected chi connectivity index (χ2v) is 7.04. The van der Waals surface area contributed by atoms with Gasteiger partial charge in [-0.15, -0.1) is 0 Å². The fourth-order valence-corrected chi connectivity index (χ4v) is 3.57. The lowest BCUT2D eigenvalue weighted by Crippen LogP contribution is -2.35. The van der Waals surface area contributed by atoms with Crippen molar-refractivity contribution in [1.82, 2.24) is 0 Å². The van der Waals surface area contributed by atoms with Gasteiger partial charge in [-0.05, 0) is 67.3 Å². The highest BCUT2D eigenvalue weighted by Crippen LogP contribution is 2.28. The first kappa shape index (κ1) is 18.0. The zero-order valence-corrected chi connectivity index (χ0v) is 15.8. The molecule has 0 aromatic heterocycles. The van der Waals surface area contributed by atoms with Crippen LogP contribution in [0.3, 0.4) is 0 Å². The number of hydrogen-bond acceptors (Lipinski definition) is 2. The van der Waals surface area contributed by atoms with Gasteiger partial charge in [0.25, 0.3) is 11.8 Å². The Balaban J connectivity index is 1.51. The van der Waals surface area contributed by atoms with Crippen LogP contribution in [0.25, 0.3) is 0 Å². The summed E-state index contributed by atoms with van der Waals surface area (Å²) in [7, 11) is 0. The van der Waals surface area contributed by atoms with Crippen LogP contribution >= 0.6 is 0 Å². The van der Waals surface area contributed by atoms with Crippen LogP contribution in [0.4, 0.5) is 11.4 Å². The van der Waals surface area contributed by atoms with Crippen LogP contribution in [0.5, 0.6) is 0 Å². The first-order valence-electron chi connectivity index (χ1n) is 9.50. The van der Waals surface area contributed by atoms with Crippen molar-refractivity contribution in [2.24, 2.45) is 0 Å². The molecule has 4 nitrogen and oxygen atoms in total. The summed E-state index contributed by atoms with van der Waals surface area (Å²) in [6, 6.07) is 22.6. The highest BCUT2D eigenvalue weighted by Gasteiger charge is 2.23. The molecule has 1 aliphatic heterocycles. The minimum Gasteiger partial charge on any atom is -0.322 e. The number of hydrogen-bond donors (Lipinski definition) is 1. The third-order valence-electron chi connectivity index (χ3n) is 5.14. The average molecular weight is 370 g/mol. The summed E-state index contributed by atoms with van der Waals surface area (Å²) in [5, 5.41) is 2.92. The summed E-state index contributed by atoms with van der Waals surface area (Å²) in [5.74, 6) is -0.213. The van der Waals surface area contributed by atoms with Gasteiger partial charge in [-0.25, -0.2) is 0 Å². The molecule has 0 spiro atoms. The summed E-state index contributed by atoms with van der Waals surface area (Å²) in [5.41, 5.74) is 5.10. The van der Waals surface area contributed by atoms with E-state index in [2.05, 4.69) is 11.4 Å². The Morgan fingerprint density at radius 2 is 1.54 bits per heavy atom. The zero-order valence-electron chi connectivity index (χ0n) is 15.8. The molecule has 0 saturated carbocycles. The smallest absolute Gasteiger partial charge is 0.258 e. The largest absolute Gasteiger partial charge is 0.322 e. The first-order valence-corrected chi connectivity index (χ1v) is 9.50. The van der Waals surface area contributed by atoms with Gasteiger partial charge in [0, 0.05) is 29.0 Å². The van der Waals surface area contributed by atoms with Gasteiger partial charge in [-0.1, -0.05) is 36.4 Å². The molecule has 28 heavy (non-hydrogen) atoms. The molecule has 140 valence electrons. The zero-order chi connectivity index (χ0) is 19.5. The number of anilines is 2. The first-order chi connectivity index (χ1) is 13.6. The van der Waals surface area contributed by atoms with Crippen molar-refractivity contribution in [2.45, 2.75) is 19.8 Å². The Kier molecular flexibility index (Phi) is 4.94. The van der Waals surface area contributed by atoms with Crippen molar-refractivity contribution in [1.29, 1.82) is 0 Å². The van der Waals surface area contributed by atoms with E-state index in [1.807, 2.05) is 54.3 Å². The lowest BCUT2D eigenvalue weighted by Gasteiger charge is -2.29. The van der Waals surface area contributed by atoms with E-state index in [1.165, 1.54) is 5.56 Å². The summed E-state index contributed by atoms with van der Waals surface area (Å²) >= 11 is 0. The van der Waals surface area contributed by atoms with Gasteiger partial charge in [0.15, 0.2) is 0 Å². The molecule has 1 N–H and O–H groups in total. The van der Waals surface area contributed by atoms with E-state index in [0.29, 0.717) is 17.7 Å². The molecule has 0 radical (unpaired) electrons. The number of nitrogens with one attached hydrogen (secondary N) is 1. The van der Waals surface area contributed by atoms with Crippen molar-refractivity contribution in [2.75, 3.05) is 16.8 Å². The monoisotopic (exact) mass is 370 g/mol. The Bertz CT molecular complexity index is 1020. The molecule has 2 amide bonds. The fraction of sp³-hybridized carbons (Fsp3) is 0.167. The molecule has 4 heteroatoms. The van der Waals surface area contributed by atoms with E-state index in [9.17, 15) is 9.59 Å². The molecule has 4 rings (SSSR count). The maximum Gasteiger partial charge on any atom is 0.258 e. The third-order valence-corrected chi connectivity index (χ3v) is 5.14.